The fraction of sp³-hybridized carbons (Fsp3) is 0.625. The van der Waals surface area contributed by atoms with Crippen LogP contribution in [0.15, 0.2) is 24.3 Å². The summed E-state index contributed by atoms with van der Waals surface area (Å²) in [6, 6.07) is 9.14. The van der Waals surface area contributed by atoms with Crippen molar-refractivity contribution in [2.45, 2.75) is 26.3 Å². The van der Waals surface area contributed by atoms with Crippen molar-refractivity contribution in [2.24, 2.45) is 5.92 Å². The average molecular weight is 262 g/mol. The van der Waals surface area contributed by atoms with Crippen molar-refractivity contribution in [3.8, 4) is 5.75 Å². The monoisotopic (exact) mass is 262 g/mol. The maximum atomic E-state index is 5.64. The molecule has 1 aromatic rings. The molecule has 0 radical (unpaired) electrons. The second-order valence-electron chi connectivity index (χ2n) is 5.19. The molecule has 2 unspecified atom stereocenters. The van der Waals surface area contributed by atoms with Gasteiger partial charge >= 0.3 is 0 Å². The maximum Gasteiger partial charge on any atom is 0.119 e. The molecule has 0 saturated carbocycles. The number of ether oxygens (including phenoxy) is 1. The molecule has 3 heteroatoms. The Labute approximate surface area is 116 Å². The standard InChI is InChI=1S/C16H26N2O/c1-4-18-10-9-14(12-17-3)16(18)13-7-6-8-15(11-13)19-5-2/h6-8,11,14,16-17H,4-5,9-10,12H2,1-3H3. The van der Waals surface area contributed by atoms with Gasteiger partial charge in [0, 0.05) is 6.04 Å². The molecular formula is C16H26N2O. The largest absolute Gasteiger partial charge is 0.494 e. The highest BCUT2D eigenvalue weighted by Gasteiger charge is 2.33. The van der Waals surface area contributed by atoms with E-state index in [1.807, 2.05) is 20.0 Å². The first-order valence-electron chi connectivity index (χ1n) is 7.41. The van der Waals surface area contributed by atoms with Gasteiger partial charge in [-0.2, -0.15) is 0 Å². The first-order chi connectivity index (χ1) is 9.30. The number of rotatable bonds is 6. The van der Waals surface area contributed by atoms with Gasteiger partial charge in [-0.1, -0.05) is 19.1 Å². The Morgan fingerprint density at radius 2 is 2.21 bits per heavy atom. The Bertz CT molecular complexity index is 394. The number of nitrogens with one attached hydrogen (secondary N) is 1. The number of hydrogen-bond donors (Lipinski definition) is 1. The molecule has 1 heterocycles. The van der Waals surface area contributed by atoms with Crippen LogP contribution < -0.4 is 10.1 Å². The van der Waals surface area contributed by atoms with Crippen LogP contribution in [0.2, 0.25) is 0 Å². The molecule has 0 spiro atoms. The van der Waals surface area contributed by atoms with Crippen LogP contribution in [0.5, 0.6) is 5.75 Å². The molecule has 0 aliphatic carbocycles. The summed E-state index contributed by atoms with van der Waals surface area (Å²) in [4.78, 5) is 2.58. The summed E-state index contributed by atoms with van der Waals surface area (Å²) in [6.07, 6.45) is 1.28. The minimum atomic E-state index is 0.526. The lowest BCUT2D eigenvalue weighted by Crippen LogP contribution is -2.29. The molecule has 3 nitrogen and oxygen atoms in total. The topological polar surface area (TPSA) is 24.5 Å². The summed E-state index contributed by atoms with van der Waals surface area (Å²) in [5.74, 6) is 1.69. The zero-order valence-corrected chi connectivity index (χ0v) is 12.4. The van der Waals surface area contributed by atoms with E-state index in [-0.39, 0.29) is 0 Å². The van der Waals surface area contributed by atoms with Crippen molar-refractivity contribution in [1.82, 2.24) is 10.2 Å². The molecule has 1 N–H and O–H groups in total. The van der Waals surface area contributed by atoms with Gasteiger partial charge in [0.05, 0.1) is 6.61 Å². The summed E-state index contributed by atoms with van der Waals surface area (Å²) in [5, 5.41) is 3.34. The molecule has 106 valence electrons. The molecular weight excluding hydrogens is 236 g/mol. The number of hydrogen-bond acceptors (Lipinski definition) is 3. The number of likely N-dealkylation sites (tertiary alicyclic amines) is 1. The van der Waals surface area contributed by atoms with E-state index >= 15 is 0 Å². The van der Waals surface area contributed by atoms with E-state index in [1.165, 1.54) is 18.5 Å². The highest BCUT2D eigenvalue weighted by atomic mass is 16.5. The normalized spacial score (nSPS) is 23.7. The first-order valence-corrected chi connectivity index (χ1v) is 7.41. The molecule has 0 bridgehead atoms. The van der Waals surface area contributed by atoms with Crippen molar-refractivity contribution in [3.05, 3.63) is 29.8 Å². The van der Waals surface area contributed by atoms with Gasteiger partial charge in [0.15, 0.2) is 0 Å². The van der Waals surface area contributed by atoms with E-state index < -0.39 is 0 Å². The van der Waals surface area contributed by atoms with Crippen molar-refractivity contribution < 1.29 is 4.74 Å². The van der Waals surface area contributed by atoms with Crippen molar-refractivity contribution >= 4 is 0 Å². The van der Waals surface area contributed by atoms with Gasteiger partial charge in [0.25, 0.3) is 0 Å². The van der Waals surface area contributed by atoms with Crippen LogP contribution in [0.3, 0.4) is 0 Å². The average Bonchev–Trinajstić information content (AvgIpc) is 2.83. The summed E-state index contributed by atoms with van der Waals surface area (Å²) >= 11 is 0. The highest BCUT2D eigenvalue weighted by Crippen LogP contribution is 2.37. The van der Waals surface area contributed by atoms with Gasteiger partial charge < -0.3 is 10.1 Å². The Kier molecular flexibility index (Phi) is 5.23. The van der Waals surface area contributed by atoms with E-state index in [0.29, 0.717) is 12.0 Å². The Hall–Kier alpha value is -1.06. The summed E-state index contributed by atoms with van der Waals surface area (Å²) in [7, 11) is 2.04. The predicted octanol–water partition coefficient (Wildman–Crippen LogP) is 2.69. The van der Waals surface area contributed by atoms with Crippen LogP contribution in [-0.2, 0) is 0 Å². The molecule has 1 aromatic carbocycles. The van der Waals surface area contributed by atoms with E-state index in [1.54, 1.807) is 0 Å². The fourth-order valence-electron chi connectivity index (χ4n) is 3.20. The van der Waals surface area contributed by atoms with Crippen molar-refractivity contribution in [2.75, 3.05) is 33.3 Å². The fourth-order valence-corrected chi connectivity index (χ4v) is 3.20. The molecule has 2 atom stereocenters. The molecule has 0 amide bonds. The smallest absolute Gasteiger partial charge is 0.119 e. The van der Waals surface area contributed by atoms with Crippen LogP contribution >= 0.6 is 0 Å². The Balaban J connectivity index is 2.22. The molecule has 0 aromatic heterocycles. The SMILES string of the molecule is CCOc1cccc(C2C(CNC)CCN2CC)c1. The van der Waals surface area contributed by atoms with Crippen LogP contribution in [0.25, 0.3) is 0 Å². The maximum absolute atomic E-state index is 5.64. The molecule has 1 aliphatic rings. The van der Waals surface area contributed by atoms with E-state index in [0.717, 1.165) is 25.4 Å². The van der Waals surface area contributed by atoms with Gasteiger partial charge in [0.1, 0.15) is 5.75 Å². The third-order valence-corrected chi connectivity index (χ3v) is 4.01. The lowest BCUT2D eigenvalue weighted by molar-refractivity contribution is 0.237. The van der Waals surface area contributed by atoms with Gasteiger partial charge in [-0.3, -0.25) is 4.90 Å². The number of nitrogens with zero attached hydrogens (tertiary/aromatic N) is 1. The van der Waals surface area contributed by atoms with Crippen LogP contribution in [-0.4, -0.2) is 38.2 Å². The van der Waals surface area contributed by atoms with Gasteiger partial charge in [-0.15, -0.1) is 0 Å². The zero-order chi connectivity index (χ0) is 13.7. The lowest BCUT2D eigenvalue weighted by atomic mass is 9.93. The summed E-state index contributed by atoms with van der Waals surface area (Å²) in [6.45, 7) is 8.41. The minimum absolute atomic E-state index is 0.526. The molecule has 1 aliphatic heterocycles. The van der Waals surface area contributed by atoms with E-state index in [2.05, 4.69) is 35.3 Å². The van der Waals surface area contributed by atoms with Crippen LogP contribution in [0, 0.1) is 5.92 Å². The summed E-state index contributed by atoms with van der Waals surface area (Å²) in [5.41, 5.74) is 1.39. The first kappa shape index (κ1) is 14.4. The second kappa shape index (κ2) is 6.92. The Morgan fingerprint density at radius 3 is 2.89 bits per heavy atom. The number of benzene rings is 1. The van der Waals surface area contributed by atoms with Gasteiger partial charge in [-0.05, 0) is 63.6 Å². The van der Waals surface area contributed by atoms with E-state index in [4.69, 9.17) is 4.74 Å². The third kappa shape index (κ3) is 3.28. The van der Waals surface area contributed by atoms with Crippen molar-refractivity contribution in [3.63, 3.8) is 0 Å². The summed E-state index contributed by atoms with van der Waals surface area (Å²) < 4.78 is 5.64. The molecule has 2 rings (SSSR count). The van der Waals surface area contributed by atoms with Crippen LogP contribution in [0.4, 0.5) is 0 Å². The minimum Gasteiger partial charge on any atom is -0.494 e. The van der Waals surface area contributed by atoms with Gasteiger partial charge in [-0.25, -0.2) is 0 Å². The quantitative estimate of drug-likeness (QED) is 0.853. The Morgan fingerprint density at radius 1 is 1.37 bits per heavy atom. The molecule has 1 saturated heterocycles. The van der Waals surface area contributed by atoms with Crippen LogP contribution in [0.1, 0.15) is 31.9 Å². The van der Waals surface area contributed by atoms with E-state index in [9.17, 15) is 0 Å². The van der Waals surface area contributed by atoms with Gasteiger partial charge in [0.2, 0.25) is 0 Å². The third-order valence-electron chi connectivity index (χ3n) is 4.01. The zero-order valence-electron chi connectivity index (χ0n) is 12.4. The molecule has 1 fully saturated rings. The lowest BCUT2D eigenvalue weighted by Gasteiger charge is -2.28. The highest BCUT2D eigenvalue weighted by molar-refractivity contribution is 5.31. The molecule has 19 heavy (non-hydrogen) atoms. The van der Waals surface area contributed by atoms with Crippen molar-refractivity contribution in [1.29, 1.82) is 0 Å². The predicted molar refractivity (Wildman–Crippen MR) is 79.6 cm³/mol. The second-order valence-corrected chi connectivity index (χ2v) is 5.19.